The maximum Gasteiger partial charge on any atom is 0.241 e. The predicted molar refractivity (Wildman–Crippen MR) is 81.9 cm³/mol. The monoisotopic (exact) mass is 320 g/mol. The van der Waals surface area contributed by atoms with Crippen LogP contribution in [0.2, 0.25) is 0 Å². The molecule has 0 aliphatic rings. The minimum absolute atomic E-state index is 0.00264. The van der Waals surface area contributed by atoms with Crippen LogP contribution in [-0.4, -0.2) is 33.5 Å². The first-order chi connectivity index (χ1) is 9.40. The standard InChI is InChI=1S/C13H21FN2O2S2/c1-10(6-7-19-3)16-20(17,18)13-8-12(14)5-4-11(13)9-15-2/h4-5,8,10,15-16H,6-7,9H2,1-3H3. The highest BCUT2D eigenvalue weighted by Crippen LogP contribution is 2.18. The van der Waals surface area contributed by atoms with E-state index in [1.165, 1.54) is 12.1 Å². The molecule has 0 aromatic heterocycles. The maximum atomic E-state index is 13.3. The van der Waals surface area contributed by atoms with Gasteiger partial charge in [0.1, 0.15) is 5.82 Å². The van der Waals surface area contributed by atoms with E-state index in [-0.39, 0.29) is 10.9 Å². The molecule has 1 rings (SSSR count). The van der Waals surface area contributed by atoms with Gasteiger partial charge in [0, 0.05) is 12.6 Å². The van der Waals surface area contributed by atoms with E-state index < -0.39 is 15.8 Å². The van der Waals surface area contributed by atoms with Crippen LogP contribution in [-0.2, 0) is 16.6 Å². The molecule has 114 valence electrons. The molecule has 2 N–H and O–H groups in total. The molecule has 20 heavy (non-hydrogen) atoms. The molecule has 4 nitrogen and oxygen atoms in total. The smallest absolute Gasteiger partial charge is 0.241 e. The Morgan fingerprint density at radius 3 is 2.70 bits per heavy atom. The van der Waals surface area contributed by atoms with Crippen molar-refractivity contribution in [2.24, 2.45) is 0 Å². The summed E-state index contributed by atoms with van der Waals surface area (Å²) < 4.78 is 40.6. The van der Waals surface area contributed by atoms with E-state index in [4.69, 9.17) is 0 Å². The van der Waals surface area contributed by atoms with Gasteiger partial charge in [-0.1, -0.05) is 6.07 Å². The fourth-order valence-corrected chi connectivity index (χ4v) is 3.91. The Morgan fingerprint density at radius 2 is 2.10 bits per heavy atom. The average molecular weight is 320 g/mol. The molecule has 0 aliphatic carbocycles. The van der Waals surface area contributed by atoms with Crippen molar-refractivity contribution in [1.29, 1.82) is 0 Å². The Kier molecular flexibility index (Phi) is 6.94. The average Bonchev–Trinajstić information content (AvgIpc) is 2.38. The molecule has 0 radical (unpaired) electrons. The minimum Gasteiger partial charge on any atom is -0.316 e. The van der Waals surface area contributed by atoms with E-state index in [9.17, 15) is 12.8 Å². The van der Waals surface area contributed by atoms with Crippen LogP contribution in [0, 0.1) is 5.82 Å². The van der Waals surface area contributed by atoms with Gasteiger partial charge in [0.15, 0.2) is 0 Å². The summed E-state index contributed by atoms with van der Waals surface area (Å²) in [6, 6.07) is 3.64. The van der Waals surface area contributed by atoms with Gasteiger partial charge in [-0.25, -0.2) is 17.5 Å². The molecule has 0 heterocycles. The van der Waals surface area contributed by atoms with Crippen molar-refractivity contribution >= 4 is 21.8 Å². The second-order valence-corrected chi connectivity index (χ2v) is 7.25. The van der Waals surface area contributed by atoms with E-state index in [1.54, 1.807) is 18.8 Å². The number of nitrogens with one attached hydrogen (secondary N) is 2. The Hall–Kier alpha value is -0.630. The van der Waals surface area contributed by atoms with Crippen molar-refractivity contribution in [3.63, 3.8) is 0 Å². The summed E-state index contributed by atoms with van der Waals surface area (Å²) >= 11 is 1.66. The summed E-state index contributed by atoms with van der Waals surface area (Å²) in [5.74, 6) is 0.318. The number of benzene rings is 1. The third-order valence-corrected chi connectivity index (χ3v) is 5.11. The predicted octanol–water partition coefficient (Wildman–Crippen LogP) is 1.97. The third-order valence-electron chi connectivity index (χ3n) is 2.80. The SMILES string of the molecule is CNCc1ccc(F)cc1S(=O)(=O)NC(C)CCSC. The summed E-state index contributed by atoms with van der Waals surface area (Å²) in [6.45, 7) is 2.18. The zero-order chi connectivity index (χ0) is 15.2. The molecule has 1 aromatic rings. The second-order valence-electron chi connectivity index (χ2n) is 4.59. The van der Waals surface area contributed by atoms with Crippen LogP contribution in [0.1, 0.15) is 18.9 Å². The molecule has 1 atom stereocenters. The number of hydrogen-bond acceptors (Lipinski definition) is 4. The van der Waals surface area contributed by atoms with Gasteiger partial charge in [-0.15, -0.1) is 0 Å². The minimum atomic E-state index is -3.70. The molecule has 0 bridgehead atoms. The van der Waals surface area contributed by atoms with E-state index >= 15 is 0 Å². The lowest BCUT2D eigenvalue weighted by Crippen LogP contribution is -2.34. The van der Waals surface area contributed by atoms with Gasteiger partial charge in [-0.05, 0) is 50.1 Å². The van der Waals surface area contributed by atoms with Crippen LogP contribution in [0.5, 0.6) is 0 Å². The molecule has 0 fully saturated rings. The first-order valence-electron chi connectivity index (χ1n) is 6.35. The lowest BCUT2D eigenvalue weighted by atomic mass is 10.2. The zero-order valence-corrected chi connectivity index (χ0v) is 13.6. The molecule has 1 unspecified atom stereocenters. The van der Waals surface area contributed by atoms with Crippen LogP contribution < -0.4 is 10.0 Å². The first kappa shape index (κ1) is 17.4. The molecule has 7 heteroatoms. The lowest BCUT2D eigenvalue weighted by molar-refractivity contribution is 0.552. The lowest BCUT2D eigenvalue weighted by Gasteiger charge is -2.16. The third kappa shape index (κ3) is 5.05. The number of sulfonamides is 1. The highest BCUT2D eigenvalue weighted by Gasteiger charge is 2.21. The Labute approximate surface area is 124 Å². The highest BCUT2D eigenvalue weighted by atomic mass is 32.2. The molecular weight excluding hydrogens is 299 g/mol. The van der Waals surface area contributed by atoms with Gasteiger partial charge in [-0.3, -0.25) is 0 Å². The van der Waals surface area contributed by atoms with Gasteiger partial charge in [-0.2, -0.15) is 11.8 Å². The number of rotatable bonds is 8. The van der Waals surface area contributed by atoms with E-state index in [0.29, 0.717) is 12.1 Å². The van der Waals surface area contributed by atoms with Crippen LogP contribution in [0.4, 0.5) is 4.39 Å². The van der Waals surface area contributed by atoms with Gasteiger partial charge in [0.05, 0.1) is 4.90 Å². The summed E-state index contributed by atoms with van der Waals surface area (Å²) in [6.07, 6.45) is 2.70. The van der Waals surface area contributed by atoms with E-state index in [1.807, 2.05) is 13.2 Å². The van der Waals surface area contributed by atoms with Crippen molar-refractivity contribution in [1.82, 2.24) is 10.0 Å². The van der Waals surface area contributed by atoms with E-state index in [2.05, 4.69) is 10.0 Å². The van der Waals surface area contributed by atoms with Gasteiger partial charge in [0.25, 0.3) is 0 Å². The molecule has 0 amide bonds. The summed E-state index contributed by atoms with van der Waals surface area (Å²) in [5.41, 5.74) is 0.554. The van der Waals surface area contributed by atoms with Gasteiger partial charge < -0.3 is 5.32 Å². The van der Waals surface area contributed by atoms with Crippen molar-refractivity contribution < 1.29 is 12.8 Å². The molecule has 1 aromatic carbocycles. The van der Waals surface area contributed by atoms with Crippen LogP contribution in [0.3, 0.4) is 0 Å². The quantitative estimate of drug-likeness (QED) is 0.769. The van der Waals surface area contributed by atoms with Gasteiger partial charge in [0.2, 0.25) is 10.0 Å². The number of thioether (sulfide) groups is 1. The van der Waals surface area contributed by atoms with Gasteiger partial charge >= 0.3 is 0 Å². The summed E-state index contributed by atoms with van der Waals surface area (Å²) in [5, 5.41) is 2.89. The largest absolute Gasteiger partial charge is 0.316 e. The van der Waals surface area contributed by atoms with E-state index in [0.717, 1.165) is 18.2 Å². The molecule has 0 saturated carbocycles. The number of halogens is 1. The van der Waals surface area contributed by atoms with Crippen LogP contribution in [0.15, 0.2) is 23.1 Å². The molecule has 0 saturated heterocycles. The molecule has 0 spiro atoms. The molecule has 0 aliphatic heterocycles. The second kappa shape index (κ2) is 7.97. The normalized spacial score (nSPS) is 13.4. The summed E-state index contributed by atoms with van der Waals surface area (Å²) in [4.78, 5) is 0.00264. The van der Waals surface area contributed by atoms with Crippen molar-refractivity contribution in [3.05, 3.63) is 29.6 Å². The van der Waals surface area contributed by atoms with Crippen molar-refractivity contribution in [3.8, 4) is 0 Å². The van der Waals surface area contributed by atoms with Crippen molar-refractivity contribution in [2.45, 2.75) is 30.8 Å². The Morgan fingerprint density at radius 1 is 1.40 bits per heavy atom. The fourth-order valence-electron chi connectivity index (χ4n) is 1.80. The van der Waals surface area contributed by atoms with Crippen molar-refractivity contribution in [2.75, 3.05) is 19.1 Å². The zero-order valence-electron chi connectivity index (χ0n) is 11.9. The maximum absolute atomic E-state index is 13.3. The Bertz CT molecular complexity index is 535. The van der Waals surface area contributed by atoms with Crippen LogP contribution >= 0.6 is 11.8 Å². The fraction of sp³-hybridized carbons (Fsp3) is 0.538. The topological polar surface area (TPSA) is 58.2 Å². The summed E-state index contributed by atoms with van der Waals surface area (Å²) in [7, 11) is -1.99. The van der Waals surface area contributed by atoms with Crippen LogP contribution in [0.25, 0.3) is 0 Å². The molecular formula is C13H21FN2O2S2. The highest BCUT2D eigenvalue weighted by molar-refractivity contribution is 7.98. The Balaban J connectivity index is 2.99. The number of hydrogen-bond donors (Lipinski definition) is 2. The first-order valence-corrected chi connectivity index (χ1v) is 9.22.